The maximum Gasteiger partial charge on any atom is 0.307 e. The van der Waals surface area contributed by atoms with Crippen LogP contribution in [0, 0.1) is 11.6 Å². The number of hydrogen-bond donors (Lipinski definition) is 1. The number of halogens is 2. The van der Waals surface area contributed by atoms with Crippen LogP contribution >= 0.6 is 0 Å². The van der Waals surface area contributed by atoms with E-state index in [0.29, 0.717) is 11.3 Å². The van der Waals surface area contributed by atoms with Gasteiger partial charge in [-0.15, -0.1) is 0 Å². The quantitative estimate of drug-likeness (QED) is 0.695. The molecule has 0 unspecified atom stereocenters. The van der Waals surface area contributed by atoms with E-state index in [-0.39, 0.29) is 37.7 Å². The van der Waals surface area contributed by atoms with E-state index in [0.717, 1.165) is 12.1 Å². The highest BCUT2D eigenvalue weighted by molar-refractivity contribution is 5.91. The molecular weight excluding hydrogens is 374 g/mol. The van der Waals surface area contributed by atoms with Crippen molar-refractivity contribution < 1.29 is 32.3 Å². The van der Waals surface area contributed by atoms with Gasteiger partial charge in [-0.2, -0.15) is 0 Å². The maximum absolute atomic E-state index is 13.5. The van der Waals surface area contributed by atoms with Crippen LogP contribution in [0.15, 0.2) is 34.7 Å². The number of carbonyl (C=O) groups is 3. The van der Waals surface area contributed by atoms with Crippen molar-refractivity contribution in [3.63, 3.8) is 0 Å². The molecule has 0 atom stereocenters. The molecule has 0 spiro atoms. The van der Waals surface area contributed by atoms with Crippen molar-refractivity contribution in [3.8, 4) is 0 Å². The summed E-state index contributed by atoms with van der Waals surface area (Å²) < 4.78 is 36.6. The number of rotatable bonds is 8. The molecule has 0 radical (unpaired) electrons. The first-order chi connectivity index (χ1) is 13.3. The highest BCUT2D eigenvalue weighted by Gasteiger charge is 2.21. The van der Waals surface area contributed by atoms with Crippen LogP contribution in [0.1, 0.15) is 35.2 Å². The van der Waals surface area contributed by atoms with Gasteiger partial charge >= 0.3 is 5.97 Å². The molecule has 0 saturated heterocycles. The molecule has 150 valence electrons. The van der Waals surface area contributed by atoms with Crippen LogP contribution in [0.2, 0.25) is 0 Å². The molecule has 7 nitrogen and oxygen atoms in total. The third-order valence-corrected chi connectivity index (χ3v) is 3.84. The zero-order valence-electron chi connectivity index (χ0n) is 15.5. The largest absolute Gasteiger partial charge is 0.469 e. The second-order valence-electron chi connectivity index (χ2n) is 5.98. The lowest BCUT2D eigenvalue weighted by atomic mass is 10.2. The number of nitrogens with one attached hydrogen (secondary N) is 1. The molecule has 2 aromatic rings. The predicted molar refractivity (Wildman–Crippen MR) is 94.0 cm³/mol. The van der Waals surface area contributed by atoms with Crippen molar-refractivity contribution in [3.05, 3.63) is 59.1 Å². The standard InChI is InChI=1S/C19H20F2N2O5/c1-12(24)22-10-14-4-6-17(28-14)19(26)23(8-7-18(25)27-2)11-13-3-5-15(20)16(21)9-13/h3-6,9H,7-8,10-11H2,1-2H3,(H,22,24). The Bertz CT molecular complexity index is 866. The van der Waals surface area contributed by atoms with Gasteiger partial charge in [-0.1, -0.05) is 6.07 Å². The molecule has 0 aliphatic rings. The van der Waals surface area contributed by atoms with Gasteiger partial charge in [0.15, 0.2) is 17.4 Å². The van der Waals surface area contributed by atoms with Gasteiger partial charge in [0.25, 0.3) is 5.91 Å². The van der Waals surface area contributed by atoms with Crippen molar-refractivity contribution in [1.29, 1.82) is 0 Å². The molecule has 1 N–H and O–H groups in total. The number of ether oxygens (including phenoxy) is 1. The number of amides is 2. The number of nitrogens with zero attached hydrogens (tertiary/aromatic N) is 1. The monoisotopic (exact) mass is 394 g/mol. The molecule has 0 aliphatic heterocycles. The molecule has 0 aliphatic carbocycles. The predicted octanol–water partition coefficient (Wildman–Crippen LogP) is 2.40. The Morgan fingerprint density at radius 2 is 1.89 bits per heavy atom. The third kappa shape index (κ3) is 5.90. The molecule has 2 rings (SSSR count). The Kier molecular flexibility index (Phi) is 7.25. The summed E-state index contributed by atoms with van der Waals surface area (Å²) in [7, 11) is 1.23. The number of benzene rings is 1. The smallest absolute Gasteiger partial charge is 0.307 e. The Morgan fingerprint density at radius 3 is 2.54 bits per heavy atom. The van der Waals surface area contributed by atoms with Crippen molar-refractivity contribution in [2.24, 2.45) is 0 Å². The Hall–Kier alpha value is -3.23. The lowest BCUT2D eigenvalue weighted by Crippen LogP contribution is -2.32. The summed E-state index contributed by atoms with van der Waals surface area (Å²) >= 11 is 0. The van der Waals surface area contributed by atoms with Crippen molar-refractivity contribution >= 4 is 17.8 Å². The molecule has 1 heterocycles. The normalized spacial score (nSPS) is 10.4. The highest BCUT2D eigenvalue weighted by Crippen LogP contribution is 2.16. The summed E-state index contributed by atoms with van der Waals surface area (Å²) in [6, 6.07) is 6.28. The summed E-state index contributed by atoms with van der Waals surface area (Å²) in [6.07, 6.45) is -0.0780. The van der Waals surface area contributed by atoms with E-state index in [4.69, 9.17) is 4.42 Å². The van der Waals surface area contributed by atoms with Gasteiger partial charge in [0.05, 0.1) is 20.1 Å². The Morgan fingerprint density at radius 1 is 1.14 bits per heavy atom. The molecule has 1 aromatic carbocycles. The highest BCUT2D eigenvalue weighted by atomic mass is 19.2. The first-order valence-electron chi connectivity index (χ1n) is 8.43. The van der Waals surface area contributed by atoms with Crippen LogP contribution in [0.25, 0.3) is 0 Å². The summed E-state index contributed by atoms with van der Waals surface area (Å²) in [5.74, 6) is -2.97. The van der Waals surface area contributed by atoms with E-state index >= 15 is 0 Å². The number of carbonyl (C=O) groups excluding carboxylic acids is 3. The topological polar surface area (TPSA) is 88.9 Å². The molecule has 0 saturated carbocycles. The second-order valence-corrected chi connectivity index (χ2v) is 5.98. The molecule has 1 aromatic heterocycles. The maximum atomic E-state index is 13.5. The molecule has 28 heavy (non-hydrogen) atoms. The summed E-state index contributed by atoms with van der Waals surface area (Å²) in [6.45, 7) is 1.40. The average molecular weight is 394 g/mol. The number of esters is 1. The lowest BCUT2D eigenvalue weighted by molar-refractivity contribution is -0.140. The van der Waals surface area contributed by atoms with Crippen LogP contribution in [0.3, 0.4) is 0 Å². The summed E-state index contributed by atoms with van der Waals surface area (Å²) in [5.41, 5.74) is 0.349. The van der Waals surface area contributed by atoms with Gasteiger partial charge in [0.2, 0.25) is 5.91 Å². The van der Waals surface area contributed by atoms with Gasteiger partial charge in [0.1, 0.15) is 5.76 Å². The van der Waals surface area contributed by atoms with E-state index in [1.54, 1.807) is 6.07 Å². The lowest BCUT2D eigenvalue weighted by Gasteiger charge is -2.21. The van der Waals surface area contributed by atoms with Crippen molar-refractivity contribution in [2.45, 2.75) is 26.4 Å². The fourth-order valence-corrected chi connectivity index (χ4v) is 2.39. The fourth-order valence-electron chi connectivity index (χ4n) is 2.39. The molecule has 9 heteroatoms. The van der Waals surface area contributed by atoms with E-state index in [1.807, 2.05) is 0 Å². The van der Waals surface area contributed by atoms with Crippen molar-refractivity contribution in [2.75, 3.05) is 13.7 Å². The summed E-state index contributed by atoms with van der Waals surface area (Å²) in [4.78, 5) is 36.5. The summed E-state index contributed by atoms with van der Waals surface area (Å²) in [5, 5.41) is 2.55. The first-order valence-corrected chi connectivity index (χ1v) is 8.43. The minimum atomic E-state index is -1.03. The van der Waals surface area contributed by atoms with Gasteiger partial charge in [0, 0.05) is 20.0 Å². The fraction of sp³-hybridized carbons (Fsp3) is 0.316. The van der Waals surface area contributed by atoms with Crippen LogP contribution < -0.4 is 5.32 Å². The average Bonchev–Trinajstić information content (AvgIpc) is 3.14. The Labute approximate surface area is 160 Å². The van der Waals surface area contributed by atoms with Gasteiger partial charge in [-0.3, -0.25) is 14.4 Å². The minimum Gasteiger partial charge on any atom is -0.469 e. The van der Waals surface area contributed by atoms with E-state index < -0.39 is 23.5 Å². The van der Waals surface area contributed by atoms with Crippen LogP contribution in [-0.4, -0.2) is 36.3 Å². The molecular formula is C19H20F2N2O5. The van der Waals surface area contributed by atoms with Gasteiger partial charge < -0.3 is 19.4 Å². The number of hydrogen-bond acceptors (Lipinski definition) is 5. The molecule has 2 amide bonds. The van der Waals surface area contributed by atoms with Crippen LogP contribution in [0.5, 0.6) is 0 Å². The first kappa shape index (κ1) is 21.1. The zero-order valence-corrected chi connectivity index (χ0v) is 15.5. The second kappa shape index (κ2) is 9.63. The van der Waals surface area contributed by atoms with Crippen molar-refractivity contribution in [1.82, 2.24) is 10.2 Å². The number of furan rings is 1. The van der Waals surface area contributed by atoms with E-state index in [1.165, 1.54) is 31.1 Å². The van der Waals surface area contributed by atoms with Gasteiger partial charge in [-0.05, 0) is 29.8 Å². The van der Waals surface area contributed by atoms with Gasteiger partial charge in [-0.25, -0.2) is 8.78 Å². The van der Waals surface area contributed by atoms with E-state index in [9.17, 15) is 23.2 Å². The Balaban J connectivity index is 2.17. The zero-order chi connectivity index (χ0) is 20.7. The minimum absolute atomic E-state index is 0.00667. The molecule has 0 bridgehead atoms. The third-order valence-electron chi connectivity index (χ3n) is 3.84. The SMILES string of the molecule is COC(=O)CCN(Cc1ccc(F)c(F)c1)C(=O)c1ccc(CNC(C)=O)o1. The molecule has 0 fully saturated rings. The van der Waals surface area contributed by atoms with Crippen LogP contribution in [-0.2, 0) is 27.4 Å². The number of methoxy groups -OCH3 is 1. The van der Waals surface area contributed by atoms with E-state index in [2.05, 4.69) is 10.1 Å². The van der Waals surface area contributed by atoms with Crippen LogP contribution in [0.4, 0.5) is 8.78 Å².